The van der Waals surface area contributed by atoms with E-state index in [4.69, 9.17) is 4.42 Å². The molecule has 1 atom stereocenters. The van der Waals surface area contributed by atoms with Crippen molar-refractivity contribution in [1.82, 2.24) is 19.5 Å². The molecule has 7 nitrogen and oxygen atoms in total. The Hall–Kier alpha value is -2.87. The van der Waals surface area contributed by atoms with Crippen molar-refractivity contribution < 1.29 is 9.21 Å². The fourth-order valence-corrected chi connectivity index (χ4v) is 3.60. The molecule has 0 aliphatic heterocycles. The number of aryl methyl sites for hydroxylation is 1. The van der Waals surface area contributed by atoms with E-state index in [0.717, 1.165) is 15.6 Å². The van der Waals surface area contributed by atoms with Crippen LogP contribution in [0.15, 0.2) is 56.3 Å². The molecule has 138 valence electrons. The Labute approximate surface area is 162 Å². The largest absolute Gasteiger partial charge is 0.463 e. The van der Waals surface area contributed by atoms with Gasteiger partial charge in [0.2, 0.25) is 5.91 Å². The monoisotopic (exact) mass is 428 g/mol. The van der Waals surface area contributed by atoms with E-state index in [-0.39, 0.29) is 11.5 Å². The maximum Gasteiger partial charge on any atom is 0.291 e. The van der Waals surface area contributed by atoms with E-state index >= 15 is 0 Å². The number of hydrogen-bond acceptors (Lipinski definition) is 4. The van der Waals surface area contributed by atoms with E-state index in [1.807, 2.05) is 24.3 Å². The highest BCUT2D eigenvalue weighted by Crippen LogP contribution is 2.20. The van der Waals surface area contributed by atoms with Crippen LogP contribution in [0.25, 0.3) is 16.6 Å². The summed E-state index contributed by atoms with van der Waals surface area (Å²) < 4.78 is 9.28. The van der Waals surface area contributed by atoms with Gasteiger partial charge in [-0.1, -0.05) is 28.1 Å². The third-order valence-electron chi connectivity index (χ3n) is 4.53. The van der Waals surface area contributed by atoms with Gasteiger partial charge in [0, 0.05) is 23.2 Å². The summed E-state index contributed by atoms with van der Waals surface area (Å²) in [5.41, 5.74) is 2.46. The minimum absolute atomic E-state index is 0.274. The van der Waals surface area contributed by atoms with Crippen LogP contribution in [0.4, 0.5) is 0 Å². The van der Waals surface area contributed by atoms with Crippen LogP contribution in [0.5, 0.6) is 0 Å². The molecule has 1 N–H and O–H groups in total. The summed E-state index contributed by atoms with van der Waals surface area (Å²) in [5, 5.41) is 7.21. The standard InChI is InChI=1S/C19H17BrN4O3/c1-11(18(25)21-10-13-4-3-5-14(20)8-13)24-19(26)16-9-17-15(6-7-27-17)23(16)12(2)22-24/h3-9,11H,10H2,1-2H3,(H,21,25)/t11-/m1/s1. The number of fused-ring (bicyclic) bond motifs is 3. The van der Waals surface area contributed by atoms with E-state index < -0.39 is 6.04 Å². The van der Waals surface area contributed by atoms with Crippen molar-refractivity contribution in [2.75, 3.05) is 0 Å². The Bertz CT molecular complexity index is 1220. The molecule has 3 aromatic heterocycles. The summed E-state index contributed by atoms with van der Waals surface area (Å²) in [6.07, 6.45) is 1.57. The zero-order valence-electron chi connectivity index (χ0n) is 14.8. The third kappa shape index (κ3) is 3.06. The predicted molar refractivity (Wildman–Crippen MR) is 105 cm³/mol. The molecule has 0 spiro atoms. The second kappa shape index (κ2) is 6.70. The average molecular weight is 429 g/mol. The van der Waals surface area contributed by atoms with Crippen molar-refractivity contribution in [3.8, 4) is 0 Å². The van der Waals surface area contributed by atoms with Gasteiger partial charge in [-0.05, 0) is 31.5 Å². The van der Waals surface area contributed by atoms with Crippen molar-refractivity contribution in [3.63, 3.8) is 0 Å². The average Bonchev–Trinajstić information content (AvgIpc) is 3.23. The third-order valence-corrected chi connectivity index (χ3v) is 5.02. The van der Waals surface area contributed by atoms with Gasteiger partial charge in [-0.3, -0.25) is 14.0 Å². The van der Waals surface area contributed by atoms with E-state index in [1.54, 1.807) is 36.6 Å². The smallest absolute Gasteiger partial charge is 0.291 e. The minimum atomic E-state index is -0.741. The van der Waals surface area contributed by atoms with Crippen molar-refractivity contribution in [2.45, 2.75) is 26.4 Å². The molecule has 0 unspecified atom stereocenters. The second-order valence-electron chi connectivity index (χ2n) is 6.36. The van der Waals surface area contributed by atoms with Crippen LogP contribution < -0.4 is 10.9 Å². The lowest BCUT2D eigenvalue weighted by Crippen LogP contribution is -2.38. The Kier molecular flexibility index (Phi) is 4.35. The van der Waals surface area contributed by atoms with Gasteiger partial charge in [0.15, 0.2) is 5.58 Å². The topological polar surface area (TPSA) is 81.5 Å². The molecule has 0 aliphatic rings. The molecule has 8 heteroatoms. The van der Waals surface area contributed by atoms with E-state index in [1.165, 1.54) is 4.68 Å². The van der Waals surface area contributed by atoms with Gasteiger partial charge >= 0.3 is 0 Å². The van der Waals surface area contributed by atoms with Crippen LogP contribution in [-0.2, 0) is 11.3 Å². The fourth-order valence-electron chi connectivity index (χ4n) is 3.15. The summed E-state index contributed by atoms with van der Waals surface area (Å²) in [7, 11) is 0. The van der Waals surface area contributed by atoms with Crippen molar-refractivity contribution in [2.24, 2.45) is 0 Å². The number of nitrogens with one attached hydrogen (secondary N) is 1. The molecule has 4 aromatic rings. The highest BCUT2D eigenvalue weighted by molar-refractivity contribution is 9.10. The van der Waals surface area contributed by atoms with Crippen molar-refractivity contribution >= 4 is 38.5 Å². The molecule has 0 saturated carbocycles. The van der Waals surface area contributed by atoms with Gasteiger partial charge < -0.3 is 9.73 Å². The minimum Gasteiger partial charge on any atom is -0.463 e. The zero-order valence-corrected chi connectivity index (χ0v) is 16.4. The Morgan fingerprint density at radius 2 is 2.11 bits per heavy atom. The Morgan fingerprint density at radius 1 is 1.30 bits per heavy atom. The van der Waals surface area contributed by atoms with Gasteiger partial charge in [-0.25, -0.2) is 4.68 Å². The molecule has 0 aliphatic carbocycles. The molecular weight excluding hydrogens is 412 g/mol. The lowest BCUT2D eigenvalue weighted by molar-refractivity contribution is -0.124. The molecule has 4 rings (SSSR count). The predicted octanol–water partition coefficient (Wildman–Crippen LogP) is 3.19. The van der Waals surface area contributed by atoms with Gasteiger partial charge in [0.05, 0.1) is 11.8 Å². The number of amides is 1. The van der Waals surface area contributed by atoms with Crippen LogP contribution in [0.3, 0.4) is 0 Å². The fraction of sp³-hybridized carbons (Fsp3) is 0.211. The highest BCUT2D eigenvalue weighted by Gasteiger charge is 2.21. The Balaban J connectivity index is 1.63. The summed E-state index contributed by atoms with van der Waals surface area (Å²) in [5.74, 6) is 0.330. The number of aromatic nitrogens is 3. The summed E-state index contributed by atoms with van der Waals surface area (Å²) in [4.78, 5) is 25.4. The number of carbonyl (C=O) groups is 1. The summed E-state index contributed by atoms with van der Waals surface area (Å²) in [6, 6.07) is 10.4. The van der Waals surface area contributed by atoms with Gasteiger partial charge in [-0.15, -0.1) is 0 Å². The van der Waals surface area contributed by atoms with Crippen LogP contribution in [0.2, 0.25) is 0 Å². The number of benzene rings is 1. The van der Waals surface area contributed by atoms with Crippen LogP contribution in [0.1, 0.15) is 24.4 Å². The van der Waals surface area contributed by atoms with E-state index in [2.05, 4.69) is 26.3 Å². The zero-order chi connectivity index (χ0) is 19.1. The van der Waals surface area contributed by atoms with Crippen LogP contribution >= 0.6 is 15.9 Å². The lowest BCUT2D eigenvalue weighted by Gasteiger charge is -2.15. The molecule has 1 aromatic carbocycles. The molecule has 1 amide bonds. The molecule has 0 radical (unpaired) electrons. The quantitative estimate of drug-likeness (QED) is 0.540. The summed E-state index contributed by atoms with van der Waals surface area (Å²) in [6.45, 7) is 3.83. The van der Waals surface area contributed by atoms with Gasteiger partial charge in [0.1, 0.15) is 17.4 Å². The highest BCUT2D eigenvalue weighted by atomic mass is 79.9. The van der Waals surface area contributed by atoms with Crippen molar-refractivity contribution in [3.05, 3.63) is 68.9 Å². The molecule has 27 heavy (non-hydrogen) atoms. The second-order valence-corrected chi connectivity index (χ2v) is 7.27. The number of furan rings is 1. The van der Waals surface area contributed by atoms with Crippen LogP contribution in [-0.4, -0.2) is 20.1 Å². The van der Waals surface area contributed by atoms with E-state index in [9.17, 15) is 9.59 Å². The molecule has 0 fully saturated rings. The summed E-state index contributed by atoms with van der Waals surface area (Å²) >= 11 is 3.41. The SMILES string of the molecule is Cc1nn([C@H](C)C(=O)NCc2cccc(Br)c2)c(=O)c2cc3occc3n12. The lowest BCUT2D eigenvalue weighted by atomic mass is 10.2. The first-order valence-electron chi connectivity index (χ1n) is 8.46. The first-order valence-corrected chi connectivity index (χ1v) is 9.25. The number of halogens is 1. The number of nitrogens with zero attached hydrogens (tertiary/aromatic N) is 3. The molecule has 0 saturated heterocycles. The molecule has 0 bridgehead atoms. The number of rotatable bonds is 4. The van der Waals surface area contributed by atoms with Gasteiger partial charge in [-0.2, -0.15) is 5.10 Å². The first kappa shape index (κ1) is 17.5. The number of hydrogen-bond donors (Lipinski definition) is 1. The van der Waals surface area contributed by atoms with Gasteiger partial charge in [0.25, 0.3) is 5.56 Å². The first-order chi connectivity index (χ1) is 13.0. The van der Waals surface area contributed by atoms with Crippen LogP contribution in [0, 0.1) is 6.92 Å². The Morgan fingerprint density at radius 3 is 2.89 bits per heavy atom. The maximum atomic E-state index is 12.9. The number of carbonyl (C=O) groups excluding carboxylic acids is 1. The normalized spacial score (nSPS) is 12.6. The van der Waals surface area contributed by atoms with Crippen molar-refractivity contribution in [1.29, 1.82) is 0 Å². The molecular formula is C19H17BrN4O3. The van der Waals surface area contributed by atoms with E-state index in [0.29, 0.717) is 23.5 Å². The molecule has 3 heterocycles. The maximum absolute atomic E-state index is 12.9.